The number of H-pyrrole nitrogens is 1. The molecule has 2 heterocycles. The van der Waals surface area contributed by atoms with Crippen molar-refractivity contribution in [3.05, 3.63) is 71.9 Å². The summed E-state index contributed by atoms with van der Waals surface area (Å²) >= 11 is 0. The van der Waals surface area contributed by atoms with Gasteiger partial charge in [-0.05, 0) is 12.5 Å². The summed E-state index contributed by atoms with van der Waals surface area (Å²) in [7, 11) is 0. The van der Waals surface area contributed by atoms with Crippen molar-refractivity contribution in [1.82, 2.24) is 9.97 Å². The summed E-state index contributed by atoms with van der Waals surface area (Å²) in [5.74, 6) is -0.259. The first kappa shape index (κ1) is 16.1. The van der Waals surface area contributed by atoms with E-state index in [0.717, 1.165) is 16.8 Å². The first-order valence-corrected chi connectivity index (χ1v) is 8.39. The lowest BCUT2D eigenvalue weighted by Crippen LogP contribution is -2.30. The van der Waals surface area contributed by atoms with Crippen LogP contribution in [-0.4, -0.2) is 28.2 Å². The monoisotopic (exact) mass is 346 g/mol. The van der Waals surface area contributed by atoms with Gasteiger partial charge in [-0.2, -0.15) is 0 Å². The van der Waals surface area contributed by atoms with Gasteiger partial charge in [-0.1, -0.05) is 65.3 Å². The average molecular weight is 346 g/mol. The van der Waals surface area contributed by atoms with Crippen LogP contribution in [0.2, 0.25) is 0 Å². The number of benzene rings is 2. The van der Waals surface area contributed by atoms with Crippen molar-refractivity contribution in [2.75, 3.05) is 11.9 Å². The number of carbonyl (C=O) groups excluding carboxylic acids is 1. The highest BCUT2D eigenvalue weighted by molar-refractivity contribution is 6.16. The molecule has 0 saturated heterocycles. The number of anilines is 1. The van der Waals surface area contributed by atoms with Gasteiger partial charge in [0.2, 0.25) is 11.9 Å². The Morgan fingerprint density at radius 2 is 1.88 bits per heavy atom. The molecule has 6 nitrogen and oxygen atoms in total. The highest BCUT2D eigenvalue weighted by Crippen LogP contribution is 2.21. The van der Waals surface area contributed by atoms with Gasteiger partial charge in [0.1, 0.15) is 18.2 Å². The fourth-order valence-electron chi connectivity index (χ4n) is 2.85. The van der Waals surface area contributed by atoms with E-state index in [1.165, 1.54) is 5.56 Å². The van der Waals surface area contributed by atoms with E-state index in [9.17, 15) is 4.79 Å². The van der Waals surface area contributed by atoms with Crippen molar-refractivity contribution in [1.29, 1.82) is 0 Å². The summed E-state index contributed by atoms with van der Waals surface area (Å²) in [4.78, 5) is 25.2. The molecule has 0 fully saturated rings. The highest BCUT2D eigenvalue weighted by atomic mass is 16.6. The lowest BCUT2D eigenvalue weighted by molar-refractivity contribution is -0.118. The van der Waals surface area contributed by atoms with Crippen molar-refractivity contribution in [2.24, 2.45) is 11.1 Å². The van der Waals surface area contributed by atoms with E-state index in [1.54, 1.807) is 6.20 Å². The third kappa shape index (κ3) is 3.21. The molecular weight excluding hydrogens is 328 g/mol. The molecule has 1 aromatic heterocycles. The first-order valence-electron chi connectivity index (χ1n) is 8.39. The molecule has 0 spiro atoms. The first-order chi connectivity index (χ1) is 12.7. The number of nitrogens with zero attached hydrogens (tertiary/aromatic N) is 2. The Morgan fingerprint density at radius 1 is 1.12 bits per heavy atom. The van der Waals surface area contributed by atoms with Gasteiger partial charge < -0.3 is 9.82 Å². The number of nitrogens with one attached hydrogen (secondary N) is 2. The number of aryl methyl sites for hydroxylation is 1. The smallest absolute Gasteiger partial charge is 0.239 e. The molecule has 130 valence electrons. The summed E-state index contributed by atoms with van der Waals surface area (Å²) in [6.45, 7) is 2.26. The van der Waals surface area contributed by atoms with Crippen molar-refractivity contribution in [2.45, 2.75) is 6.92 Å². The van der Waals surface area contributed by atoms with Gasteiger partial charge in [0.25, 0.3) is 0 Å². The Labute approximate surface area is 150 Å². The Balaban J connectivity index is 1.48. The van der Waals surface area contributed by atoms with Gasteiger partial charge in [0.15, 0.2) is 0 Å². The molecular formula is C20H18N4O2. The molecule has 0 radical (unpaired) electrons. The Hall–Kier alpha value is -3.41. The van der Waals surface area contributed by atoms with E-state index in [-0.39, 0.29) is 12.5 Å². The van der Waals surface area contributed by atoms with Gasteiger partial charge >= 0.3 is 0 Å². The Bertz CT molecular complexity index is 945. The van der Waals surface area contributed by atoms with E-state index in [4.69, 9.17) is 4.84 Å². The van der Waals surface area contributed by atoms with Crippen molar-refractivity contribution in [3.63, 3.8) is 0 Å². The summed E-state index contributed by atoms with van der Waals surface area (Å²) < 4.78 is 0. The molecule has 0 aliphatic carbocycles. The predicted octanol–water partition coefficient (Wildman–Crippen LogP) is 3.37. The number of hydrogen-bond acceptors (Lipinski definition) is 4. The van der Waals surface area contributed by atoms with E-state index in [2.05, 4.69) is 20.4 Å². The standard InChI is InChI=1S/C20H18N4O2/c1-13-7-9-14(10-8-13)17-11-21-20(22-17)23-19(25)16-12-26-24-18(16)15-5-3-2-4-6-15/h2-11,16H,12H2,1H3,(H2,21,22,23,25)/t16-/m1/s1. The lowest BCUT2D eigenvalue weighted by atomic mass is 9.97. The molecule has 1 aliphatic heterocycles. The van der Waals surface area contributed by atoms with Crippen LogP contribution in [0.15, 0.2) is 65.9 Å². The van der Waals surface area contributed by atoms with Crippen LogP contribution in [0, 0.1) is 12.8 Å². The van der Waals surface area contributed by atoms with Crippen LogP contribution in [0.3, 0.4) is 0 Å². The van der Waals surface area contributed by atoms with Crippen LogP contribution in [-0.2, 0) is 9.63 Å². The SMILES string of the molecule is Cc1ccc(-c2cnc(NC(=O)[C@@H]3CON=C3c3ccccc3)[nH]2)cc1. The predicted molar refractivity (Wildman–Crippen MR) is 99.8 cm³/mol. The van der Waals surface area contributed by atoms with Gasteiger partial charge in [-0.15, -0.1) is 0 Å². The number of imidazole rings is 1. The van der Waals surface area contributed by atoms with Gasteiger partial charge in [0.05, 0.1) is 11.9 Å². The van der Waals surface area contributed by atoms with Crippen LogP contribution in [0.25, 0.3) is 11.3 Å². The minimum absolute atomic E-state index is 0.199. The zero-order valence-electron chi connectivity index (χ0n) is 14.3. The largest absolute Gasteiger partial charge is 0.394 e. The minimum Gasteiger partial charge on any atom is -0.394 e. The number of hydrogen-bond donors (Lipinski definition) is 2. The van der Waals surface area contributed by atoms with Crippen LogP contribution >= 0.6 is 0 Å². The number of oxime groups is 1. The molecule has 0 unspecified atom stereocenters. The van der Waals surface area contributed by atoms with Crippen molar-refractivity contribution in [3.8, 4) is 11.3 Å². The van der Waals surface area contributed by atoms with Crippen LogP contribution in [0.4, 0.5) is 5.95 Å². The zero-order valence-corrected chi connectivity index (χ0v) is 14.3. The van der Waals surface area contributed by atoms with E-state index < -0.39 is 5.92 Å². The molecule has 2 N–H and O–H groups in total. The molecule has 6 heteroatoms. The van der Waals surface area contributed by atoms with E-state index >= 15 is 0 Å². The van der Waals surface area contributed by atoms with E-state index in [1.807, 2.05) is 61.5 Å². The molecule has 2 aromatic carbocycles. The maximum Gasteiger partial charge on any atom is 0.239 e. The molecule has 1 amide bonds. The molecule has 4 rings (SSSR count). The maximum atomic E-state index is 12.7. The second-order valence-corrected chi connectivity index (χ2v) is 6.19. The normalized spacial score (nSPS) is 16.0. The summed E-state index contributed by atoms with van der Waals surface area (Å²) in [5.41, 5.74) is 4.56. The topological polar surface area (TPSA) is 79.4 Å². The maximum absolute atomic E-state index is 12.7. The average Bonchev–Trinajstić information content (AvgIpc) is 3.32. The highest BCUT2D eigenvalue weighted by Gasteiger charge is 2.31. The molecule has 3 aromatic rings. The van der Waals surface area contributed by atoms with Crippen molar-refractivity contribution >= 4 is 17.6 Å². The number of rotatable bonds is 4. The summed E-state index contributed by atoms with van der Waals surface area (Å²) in [5, 5.41) is 6.86. The number of aromatic amines is 1. The van der Waals surface area contributed by atoms with Crippen molar-refractivity contribution < 1.29 is 9.63 Å². The summed E-state index contributed by atoms with van der Waals surface area (Å²) in [6.07, 6.45) is 1.71. The van der Waals surface area contributed by atoms with E-state index in [0.29, 0.717) is 11.7 Å². The third-order valence-corrected chi connectivity index (χ3v) is 4.30. The fraction of sp³-hybridized carbons (Fsp3) is 0.150. The molecule has 0 saturated carbocycles. The van der Waals surface area contributed by atoms with Gasteiger partial charge in [0, 0.05) is 5.56 Å². The zero-order chi connectivity index (χ0) is 17.9. The van der Waals surface area contributed by atoms with Gasteiger partial charge in [-0.25, -0.2) is 4.98 Å². The fourth-order valence-corrected chi connectivity index (χ4v) is 2.85. The number of amides is 1. The number of aromatic nitrogens is 2. The molecule has 0 bridgehead atoms. The summed E-state index contributed by atoms with van der Waals surface area (Å²) in [6, 6.07) is 17.7. The van der Waals surface area contributed by atoms with Crippen LogP contribution in [0.5, 0.6) is 0 Å². The Kier molecular flexibility index (Phi) is 4.23. The van der Waals surface area contributed by atoms with Gasteiger partial charge in [-0.3, -0.25) is 10.1 Å². The lowest BCUT2D eigenvalue weighted by Gasteiger charge is -2.10. The second kappa shape index (κ2) is 6.84. The molecule has 1 aliphatic rings. The number of carbonyl (C=O) groups is 1. The Morgan fingerprint density at radius 3 is 2.65 bits per heavy atom. The molecule has 26 heavy (non-hydrogen) atoms. The molecule has 1 atom stereocenters. The third-order valence-electron chi connectivity index (χ3n) is 4.30. The minimum atomic E-state index is -0.467. The second-order valence-electron chi connectivity index (χ2n) is 6.19. The van der Waals surface area contributed by atoms with Crippen LogP contribution < -0.4 is 5.32 Å². The van der Waals surface area contributed by atoms with Crippen LogP contribution in [0.1, 0.15) is 11.1 Å². The quantitative estimate of drug-likeness (QED) is 0.760.